The summed E-state index contributed by atoms with van der Waals surface area (Å²) in [6.45, 7) is 0. The number of aromatic nitrogens is 2. The zero-order valence-corrected chi connectivity index (χ0v) is 18.5. The Morgan fingerprint density at radius 3 is 2.26 bits per heavy atom. The summed E-state index contributed by atoms with van der Waals surface area (Å²) in [7, 11) is 1.60. The van der Waals surface area contributed by atoms with Crippen molar-refractivity contribution in [1.82, 2.24) is 9.97 Å². The SMILES string of the molecule is COc1ccc([C@H]2[C@H](C(=O)Nc3ncccn3)c3ccccc3C(=O)N2c2ccccc2)cc1. The van der Waals surface area contributed by atoms with Crippen LogP contribution in [-0.4, -0.2) is 28.9 Å². The Bertz CT molecular complexity index is 1310. The molecule has 0 bridgehead atoms. The van der Waals surface area contributed by atoms with Crippen molar-refractivity contribution in [2.75, 3.05) is 17.3 Å². The van der Waals surface area contributed by atoms with Gasteiger partial charge in [0.15, 0.2) is 0 Å². The fraction of sp³-hybridized carbons (Fsp3) is 0.111. The van der Waals surface area contributed by atoms with Crippen LogP contribution in [0.15, 0.2) is 97.3 Å². The number of para-hydroxylation sites is 1. The van der Waals surface area contributed by atoms with Gasteiger partial charge >= 0.3 is 0 Å². The molecule has 0 saturated carbocycles. The van der Waals surface area contributed by atoms with Gasteiger partial charge in [-0.1, -0.05) is 48.5 Å². The molecule has 2 heterocycles. The maximum atomic E-state index is 13.8. The number of ether oxygens (including phenoxy) is 1. The number of hydrogen-bond donors (Lipinski definition) is 1. The molecule has 0 unspecified atom stereocenters. The highest BCUT2D eigenvalue weighted by Crippen LogP contribution is 2.45. The molecule has 34 heavy (non-hydrogen) atoms. The molecule has 1 aromatic heterocycles. The third-order valence-corrected chi connectivity index (χ3v) is 5.91. The standard InChI is InChI=1S/C27H22N4O3/c1-34-20-14-12-18(13-15-20)24-23(25(32)30-27-28-16-7-17-29-27)21-10-5-6-11-22(21)26(33)31(24)19-8-3-2-4-9-19/h2-17,23-24H,1H3,(H,28,29,30,32)/t23-,24+/m1/s1. The monoisotopic (exact) mass is 450 g/mol. The zero-order chi connectivity index (χ0) is 23.5. The highest BCUT2D eigenvalue weighted by molar-refractivity contribution is 6.12. The smallest absolute Gasteiger partial charge is 0.259 e. The molecule has 0 fully saturated rings. The van der Waals surface area contributed by atoms with Crippen molar-refractivity contribution in [3.8, 4) is 5.75 Å². The lowest BCUT2D eigenvalue weighted by molar-refractivity contribution is -0.118. The Balaban J connectivity index is 1.69. The van der Waals surface area contributed by atoms with Gasteiger partial charge in [0, 0.05) is 23.6 Å². The highest BCUT2D eigenvalue weighted by atomic mass is 16.5. The molecule has 0 aliphatic carbocycles. The van der Waals surface area contributed by atoms with E-state index in [-0.39, 0.29) is 17.8 Å². The predicted octanol–water partition coefficient (Wildman–Crippen LogP) is 4.61. The number of carbonyl (C=O) groups is 2. The number of benzene rings is 3. The molecule has 0 radical (unpaired) electrons. The van der Waals surface area contributed by atoms with Crippen LogP contribution in [0.1, 0.15) is 33.4 Å². The normalized spacial score (nSPS) is 17.1. The van der Waals surface area contributed by atoms with E-state index < -0.39 is 12.0 Å². The van der Waals surface area contributed by atoms with Gasteiger partial charge in [-0.25, -0.2) is 9.97 Å². The van der Waals surface area contributed by atoms with E-state index in [1.54, 1.807) is 36.5 Å². The maximum Gasteiger partial charge on any atom is 0.259 e. The van der Waals surface area contributed by atoms with Crippen LogP contribution in [0.5, 0.6) is 5.75 Å². The first-order valence-electron chi connectivity index (χ1n) is 10.9. The third-order valence-electron chi connectivity index (χ3n) is 5.91. The topological polar surface area (TPSA) is 84.4 Å². The minimum absolute atomic E-state index is 0.164. The van der Waals surface area contributed by atoms with Crippen molar-refractivity contribution in [3.05, 3.63) is 114 Å². The van der Waals surface area contributed by atoms with Crippen LogP contribution in [0, 0.1) is 0 Å². The van der Waals surface area contributed by atoms with E-state index in [1.165, 1.54) is 0 Å². The predicted molar refractivity (Wildman–Crippen MR) is 129 cm³/mol. The van der Waals surface area contributed by atoms with Gasteiger partial charge in [-0.3, -0.25) is 19.8 Å². The molecule has 1 aliphatic heterocycles. The summed E-state index contributed by atoms with van der Waals surface area (Å²) in [5, 5.41) is 2.84. The summed E-state index contributed by atoms with van der Waals surface area (Å²) in [4.78, 5) is 37.5. The summed E-state index contributed by atoms with van der Waals surface area (Å²) in [6.07, 6.45) is 3.14. The first-order valence-corrected chi connectivity index (χ1v) is 10.9. The van der Waals surface area contributed by atoms with Crippen LogP contribution in [-0.2, 0) is 4.79 Å². The first kappa shape index (κ1) is 21.3. The first-order chi connectivity index (χ1) is 16.7. The number of fused-ring (bicyclic) bond motifs is 1. The van der Waals surface area contributed by atoms with E-state index in [2.05, 4.69) is 15.3 Å². The van der Waals surface area contributed by atoms with Crippen LogP contribution < -0.4 is 15.0 Å². The van der Waals surface area contributed by atoms with Gasteiger partial charge in [-0.15, -0.1) is 0 Å². The minimum Gasteiger partial charge on any atom is -0.497 e. The Kier molecular flexibility index (Phi) is 5.74. The van der Waals surface area contributed by atoms with Crippen LogP contribution >= 0.6 is 0 Å². The lowest BCUT2D eigenvalue weighted by Gasteiger charge is -2.41. The van der Waals surface area contributed by atoms with E-state index in [9.17, 15) is 9.59 Å². The lowest BCUT2D eigenvalue weighted by atomic mass is 9.79. The van der Waals surface area contributed by atoms with Crippen molar-refractivity contribution < 1.29 is 14.3 Å². The molecule has 0 saturated heterocycles. The molecule has 4 aromatic rings. The largest absolute Gasteiger partial charge is 0.497 e. The molecule has 2 atom stereocenters. The van der Waals surface area contributed by atoms with Gasteiger partial charge in [0.2, 0.25) is 11.9 Å². The number of nitrogens with one attached hydrogen (secondary N) is 1. The van der Waals surface area contributed by atoms with E-state index >= 15 is 0 Å². The van der Waals surface area contributed by atoms with Crippen LogP contribution in [0.2, 0.25) is 0 Å². The quantitative estimate of drug-likeness (QED) is 0.480. The van der Waals surface area contributed by atoms with Gasteiger partial charge < -0.3 is 4.74 Å². The van der Waals surface area contributed by atoms with Gasteiger partial charge in [0.1, 0.15) is 5.75 Å². The average Bonchev–Trinajstić information content (AvgIpc) is 2.89. The number of methoxy groups -OCH3 is 1. The maximum absolute atomic E-state index is 13.8. The van der Waals surface area contributed by atoms with Crippen LogP contribution in [0.25, 0.3) is 0 Å². The summed E-state index contributed by atoms with van der Waals surface area (Å²) in [5.41, 5.74) is 2.66. The van der Waals surface area contributed by atoms with Crippen molar-refractivity contribution in [2.45, 2.75) is 12.0 Å². The van der Waals surface area contributed by atoms with Gasteiger partial charge in [-0.05, 0) is 47.5 Å². The van der Waals surface area contributed by atoms with E-state index in [0.717, 1.165) is 5.56 Å². The van der Waals surface area contributed by atoms with Gasteiger partial charge in [-0.2, -0.15) is 0 Å². The molecule has 1 N–H and O–H groups in total. The second-order valence-corrected chi connectivity index (χ2v) is 7.86. The minimum atomic E-state index is -0.702. The molecule has 0 spiro atoms. The number of anilines is 2. The fourth-order valence-corrected chi connectivity index (χ4v) is 4.38. The molecule has 7 nitrogen and oxygen atoms in total. The Morgan fingerprint density at radius 1 is 0.882 bits per heavy atom. The molecular weight excluding hydrogens is 428 g/mol. The Hall–Kier alpha value is -4.52. The molecule has 168 valence electrons. The van der Waals surface area contributed by atoms with E-state index in [0.29, 0.717) is 22.6 Å². The fourth-order valence-electron chi connectivity index (χ4n) is 4.38. The van der Waals surface area contributed by atoms with Crippen LogP contribution in [0.3, 0.4) is 0 Å². The molecule has 2 amide bonds. The third kappa shape index (κ3) is 3.88. The average molecular weight is 450 g/mol. The molecular formula is C27H22N4O3. The lowest BCUT2D eigenvalue weighted by Crippen LogP contribution is -2.46. The number of nitrogens with zero attached hydrogens (tertiary/aromatic N) is 3. The van der Waals surface area contributed by atoms with Crippen LogP contribution in [0.4, 0.5) is 11.6 Å². The molecule has 3 aromatic carbocycles. The molecule has 7 heteroatoms. The van der Waals surface area contributed by atoms with Crippen molar-refractivity contribution in [3.63, 3.8) is 0 Å². The van der Waals surface area contributed by atoms with Gasteiger partial charge in [0.25, 0.3) is 5.91 Å². The second kappa shape index (κ2) is 9.15. The zero-order valence-electron chi connectivity index (χ0n) is 18.5. The van der Waals surface area contributed by atoms with Gasteiger partial charge in [0.05, 0.1) is 19.1 Å². The van der Waals surface area contributed by atoms with E-state index in [1.807, 2.05) is 72.8 Å². The molecule has 5 rings (SSSR count). The number of carbonyl (C=O) groups excluding carboxylic acids is 2. The van der Waals surface area contributed by atoms with Crippen molar-refractivity contribution in [1.29, 1.82) is 0 Å². The number of rotatable bonds is 5. The Labute approximate surface area is 197 Å². The summed E-state index contributed by atoms with van der Waals surface area (Å²) in [6, 6.07) is 25.2. The summed E-state index contributed by atoms with van der Waals surface area (Å²) >= 11 is 0. The number of hydrogen-bond acceptors (Lipinski definition) is 5. The molecule has 1 aliphatic rings. The second-order valence-electron chi connectivity index (χ2n) is 7.86. The highest BCUT2D eigenvalue weighted by Gasteiger charge is 2.45. The van der Waals surface area contributed by atoms with E-state index in [4.69, 9.17) is 4.74 Å². The number of amides is 2. The summed E-state index contributed by atoms with van der Waals surface area (Å²) < 4.78 is 5.32. The summed E-state index contributed by atoms with van der Waals surface area (Å²) in [5.74, 6) is -0.264. The van der Waals surface area contributed by atoms with Crippen molar-refractivity contribution in [2.24, 2.45) is 0 Å². The Morgan fingerprint density at radius 2 is 1.56 bits per heavy atom. The van der Waals surface area contributed by atoms with Crippen molar-refractivity contribution >= 4 is 23.5 Å².